The van der Waals surface area contributed by atoms with Gasteiger partial charge in [-0.1, -0.05) is 0 Å². The molecular weight excluding hydrogens is 268 g/mol. The zero-order valence-corrected chi connectivity index (χ0v) is 11.9. The largest absolute Gasteiger partial charge is 0.337 e. The van der Waals surface area contributed by atoms with E-state index in [0.717, 1.165) is 25.1 Å². The van der Waals surface area contributed by atoms with Crippen LogP contribution in [-0.4, -0.2) is 49.1 Å². The number of piperidine rings is 1. The molecule has 2 aliphatic heterocycles. The third-order valence-electron chi connectivity index (χ3n) is 4.03. The highest BCUT2D eigenvalue weighted by Gasteiger charge is 2.24. The molecule has 1 aromatic carbocycles. The second-order valence-corrected chi connectivity index (χ2v) is 5.58. The maximum absolute atomic E-state index is 12.4. The number of anilines is 1. The van der Waals surface area contributed by atoms with Crippen LogP contribution < -0.4 is 16.0 Å². The molecular formula is C15H20N4O2. The summed E-state index contributed by atoms with van der Waals surface area (Å²) >= 11 is 0. The van der Waals surface area contributed by atoms with Gasteiger partial charge in [-0.15, -0.1) is 0 Å². The standard InChI is InChI=1S/C15H20N4O2/c16-12-2-1-8-18(10-12)14(20)11-3-5-13(6-4-11)19-9-7-17-15(19)21/h3-6,12H,1-2,7-10,16H2,(H,17,21)/t12-/m1/s1. The maximum atomic E-state index is 12.4. The first-order valence-corrected chi connectivity index (χ1v) is 7.35. The summed E-state index contributed by atoms with van der Waals surface area (Å²) in [5.74, 6) is 0.0163. The average molecular weight is 288 g/mol. The Kier molecular flexibility index (Phi) is 3.79. The van der Waals surface area contributed by atoms with E-state index in [0.29, 0.717) is 25.2 Å². The van der Waals surface area contributed by atoms with Crippen molar-refractivity contribution >= 4 is 17.6 Å². The predicted octanol–water partition coefficient (Wildman–Crippen LogP) is 0.779. The van der Waals surface area contributed by atoms with Crippen LogP contribution in [0, 0.1) is 0 Å². The Bertz CT molecular complexity index is 543. The molecule has 0 radical (unpaired) electrons. The van der Waals surface area contributed by atoms with Gasteiger partial charge in [-0.25, -0.2) is 4.79 Å². The number of nitrogens with zero attached hydrogens (tertiary/aromatic N) is 2. The first-order chi connectivity index (χ1) is 10.1. The third-order valence-corrected chi connectivity index (χ3v) is 4.03. The van der Waals surface area contributed by atoms with Crippen molar-refractivity contribution in [2.75, 3.05) is 31.1 Å². The van der Waals surface area contributed by atoms with Gasteiger partial charge in [0, 0.05) is 43.5 Å². The zero-order valence-electron chi connectivity index (χ0n) is 11.9. The first-order valence-electron chi connectivity index (χ1n) is 7.35. The molecule has 1 aromatic rings. The first kappa shape index (κ1) is 13.9. The molecule has 2 fully saturated rings. The molecule has 3 N–H and O–H groups in total. The van der Waals surface area contributed by atoms with E-state index < -0.39 is 0 Å². The maximum Gasteiger partial charge on any atom is 0.321 e. The number of carbonyl (C=O) groups excluding carboxylic acids is 2. The fraction of sp³-hybridized carbons (Fsp3) is 0.467. The number of urea groups is 1. The summed E-state index contributed by atoms with van der Waals surface area (Å²) in [4.78, 5) is 27.5. The zero-order chi connectivity index (χ0) is 14.8. The van der Waals surface area contributed by atoms with Crippen LogP contribution in [0.5, 0.6) is 0 Å². The molecule has 3 amide bonds. The van der Waals surface area contributed by atoms with Crippen molar-refractivity contribution in [1.29, 1.82) is 0 Å². The van der Waals surface area contributed by atoms with Crippen LogP contribution in [0.4, 0.5) is 10.5 Å². The summed E-state index contributed by atoms with van der Waals surface area (Å²) in [6.07, 6.45) is 1.94. The lowest BCUT2D eigenvalue weighted by atomic mass is 10.1. The molecule has 0 spiro atoms. The molecule has 0 bridgehead atoms. The van der Waals surface area contributed by atoms with Gasteiger partial charge in [0.1, 0.15) is 0 Å². The summed E-state index contributed by atoms with van der Waals surface area (Å²) in [6, 6.07) is 7.20. The normalized spacial score (nSPS) is 22.3. The summed E-state index contributed by atoms with van der Waals surface area (Å²) in [6.45, 7) is 2.70. The van der Waals surface area contributed by atoms with Gasteiger partial charge in [0.25, 0.3) is 5.91 Å². The summed E-state index contributed by atoms with van der Waals surface area (Å²) in [5, 5.41) is 2.76. The second kappa shape index (κ2) is 5.73. The lowest BCUT2D eigenvalue weighted by molar-refractivity contribution is 0.0709. The summed E-state index contributed by atoms with van der Waals surface area (Å²) < 4.78 is 0. The number of hydrogen-bond donors (Lipinski definition) is 2. The van der Waals surface area contributed by atoms with Gasteiger partial charge in [0.2, 0.25) is 0 Å². The molecule has 2 saturated heterocycles. The van der Waals surface area contributed by atoms with E-state index in [2.05, 4.69) is 5.32 Å². The molecule has 0 saturated carbocycles. The van der Waals surface area contributed by atoms with Crippen molar-refractivity contribution in [3.63, 3.8) is 0 Å². The third kappa shape index (κ3) is 2.85. The molecule has 6 nitrogen and oxygen atoms in total. The second-order valence-electron chi connectivity index (χ2n) is 5.58. The molecule has 2 aliphatic rings. The van der Waals surface area contributed by atoms with Gasteiger partial charge in [-0.2, -0.15) is 0 Å². The summed E-state index contributed by atoms with van der Waals surface area (Å²) in [7, 11) is 0. The number of hydrogen-bond acceptors (Lipinski definition) is 3. The van der Waals surface area contributed by atoms with Crippen LogP contribution in [0.2, 0.25) is 0 Å². The Morgan fingerprint density at radius 3 is 2.62 bits per heavy atom. The van der Waals surface area contributed by atoms with Crippen LogP contribution in [0.25, 0.3) is 0 Å². The Labute approximate surface area is 123 Å². The highest BCUT2D eigenvalue weighted by molar-refractivity contribution is 5.97. The van der Waals surface area contributed by atoms with Crippen molar-refractivity contribution in [1.82, 2.24) is 10.2 Å². The van der Waals surface area contributed by atoms with Gasteiger partial charge >= 0.3 is 6.03 Å². The van der Waals surface area contributed by atoms with E-state index in [4.69, 9.17) is 5.73 Å². The van der Waals surface area contributed by atoms with Crippen molar-refractivity contribution in [2.45, 2.75) is 18.9 Å². The Balaban J connectivity index is 1.71. The molecule has 0 unspecified atom stereocenters. The van der Waals surface area contributed by atoms with E-state index in [-0.39, 0.29) is 18.0 Å². The predicted molar refractivity (Wildman–Crippen MR) is 80.3 cm³/mol. The molecule has 0 aromatic heterocycles. The minimum atomic E-state index is -0.0870. The van der Waals surface area contributed by atoms with Crippen LogP contribution >= 0.6 is 0 Å². The lowest BCUT2D eigenvalue weighted by Crippen LogP contribution is -2.45. The molecule has 6 heteroatoms. The van der Waals surface area contributed by atoms with E-state index >= 15 is 0 Å². The monoisotopic (exact) mass is 288 g/mol. The molecule has 2 heterocycles. The number of nitrogens with one attached hydrogen (secondary N) is 1. The van der Waals surface area contributed by atoms with Crippen molar-refractivity contribution < 1.29 is 9.59 Å². The fourth-order valence-corrected chi connectivity index (χ4v) is 2.88. The molecule has 1 atom stereocenters. The number of carbonyl (C=O) groups is 2. The minimum Gasteiger partial charge on any atom is -0.337 e. The number of nitrogens with two attached hydrogens (primary N) is 1. The van der Waals surface area contributed by atoms with Crippen LogP contribution in [0.15, 0.2) is 24.3 Å². The van der Waals surface area contributed by atoms with Crippen LogP contribution in [-0.2, 0) is 0 Å². The number of amides is 3. The van der Waals surface area contributed by atoms with Crippen molar-refractivity contribution in [3.8, 4) is 0 Å². The Morgan fingerprint density at radius 1 is 1.24 bits per heavy atom. The average Bonchev–Trinajstić information content (AvgIpc) is 2.93. The minimum absolute atomic E-state index is 0.0163. The fourth-order valence-electron chi connectivity index (χ4n) is 2.88. The SMILES string of the molecule is N[C@@H]1CCCN(C(=O)c2ccc(N3CCNC3=O)cc2)C1. The van der Waals surface area contributed by atoms with E-state index in [1.54, 1.807) is 17.0 Å². The summed E-state index contributed by atoms with van der Waals surface area (Å²) in [5.41, 5.74) is 7.38. The van der Waals surface area contributed by atoms with Gasteiger partial charge in [-0.05, 0) is 37.1 Å². The lowest BCUT2D eigenvalue weighted by Gasteiger charge is -2.30. The van der Waals surface area contributed by atoms with Crippen LogP contribution in [0.1, 0.15) is 23.2 Å². The van der Waals surface area contributed by atoms with Crippen molar-refractivity contribution in [2.24, 2.45) is 5.73 Å². The van der Waals surface area contributed by atoms with Gasteiger partial charge in [0.05, 0.1) is 0 Å². The van der Waals surface area contributed by atoms with E-state index in [1.165, 1.54) is 0 Å². The molecule has 21 heavy (non-hydrogen) atoms. The highest BCUT2D eigenvalue weighted by Crippen LogP contribution is 2.19. The Morgan fingerprint density at radius 2 is 2.00 bits per heavy atom. The van der Waals surface area contributed by atoms with Crippen LogP contribution in [0.3, 0.4) is 0 Å². The van der Waals surface area contributed by atoms with Gasteiger partial charge in [0.15, 0.2) is 0 Å². The number of rotatable bonds is 2. The van der Waals surface area contributed by atoms with E-state index in [9.17, 15) is 9.59 Å². The van der Waals surface area contributed by atoms with Crippen molar-refractivity contribution in [3.05, 3.63) is 29.8 Å². The molecule has 112 valence electrons. The number of benzene rings is 1. The van der Waals surface area contributed by atoms with Gasteiger partial charge in [-0.3, -0.25) is 9.69 Å². The molecule has 3 rings (SSSR count). The highest BCUT2D eigenvalue weighted by atomic mass is 16.2. The number of likely N-dealkylation sites (tertiary alicyclic amines) is 1. The topological polar surface area (TPSA) is 78.7 Å². The Hall–Kier alpha value is -2.08. The molecule has 0 aliphatic carbocycles. The quantitative estimate of drug-likeness (QED) is 0.844. The van der Waals surface area contributed by atoms with E-state index in [1.807, 2.05) is 17.0 Å². The van der Waals surface area contributed by atoms with Gasteiger partial charge < -0.3 is 16.0 Å². The smallest absolute Gasteiger partial charge is 0.321 e.